The van der Waals surface area contributed by atoms with Crippen LogP contribution in [0, 0.1) is 29.2 Å². The number of carbonyl (C=O) groups excluding carboxylic acids is 2. The lowest BCUT2D eigenvalue weighted by atomic mass is 10.0. The lowest BCUT2D eigenvalue weighted by molar-refractivity contribution is -0.138. The number of hydrogen-bond acceptors (Lipinski definition) is 6. The Kier molecular flexibility index (Phi) is 10.2. The van der Waals surface area contributed by atoms with Crippen LogP contribution in [0.25, 0.3) is 0 Å². The number of carboxylic acid groups (broad SMARTS) is 1. The molecule has 3 unspecified atom stereocenters. The molecule has 0 radical (unpaired) electrons. The van der Waals surface area contributed by atoms with Crippen LogP contribution in [-0.2, 0) is 27.3 Å². The zero-order valence-corrected chi connectivity index (χ0v) is 22.2. The van der Waals surface area contributed by atoms with E-state index in [1.165, 1.54) is 28.8 Å². The Balaban J connectivity index is 1.56. The molecule has 0 saturated carbocycles. The molecular formula is C26H30F4N4O4S. The van der Waals surface area contributed by atoms with Crippen molar-refractivity contribution in [2.75, 3.05) is 17.6 Å². The first kappa shape index (κ1) is 30.2. The maximum Gasteiger partial charge on any atom is 0.326 e. The number of benzene rings is 2. The van der Waals surface area contributed by atoms with Crippen molar-refractivity contribution in [2.45, 2.75) is 50.7 Å². The predicted octanol–water partition coefficient (Wildman–Crippen LogP) is 3.24. The van der Waals surface area contributed by atoms with Gasteiger partial charge in [0.15, 0.2) is 17.0 Å². The smallest absolute Gasteiger partial charge is 0.326 e. The molecule has 0 spiro atoms. The summed E-state index contributed by atoms with van der Waals surface area (Å²) in [7, 11) is 0. The van der Waals surface area contributed by atoms with E-state index in [9.17, 15) is 37.1 Å². The van der Waals surface area contributed by atoms with Crippen molar-refractivity contribution in [3.8, 4) is 0 Å². The molecule has 1 heterocycles. The highest BCUT2D eigenvalue weighted by atomic mass is 32.2. The van der Waals surface area contributed by atoms with Gasteiger partial charge in [-0.2, -0.15) is 0 Å². The summed E-state index contributed by atoms with van der Waals surface area (Å²) in [5.74, 6) is -6.00. The Labute approximate surface area is 227 Å². The molecule has 0 aliphatic carbocycles. The fourth-order valence-electron chi connectivity index (χ4n) is 4.10. The fourth-order valence-corrected chi connectivity index (χ4v) is 5.27. The van der Waals surface area contributed by atoms with Crippen molar-refractivity contribution in [3.05, 3.63) is 64.7 Å². The standard InChI is InChI=1S/C26H30F4N4O4S/c1-13(2)23(26(37)38)33-21-4-3-14(7-20(21)30)12-32-24(36)25-34(5-6-39-25)22(35)10-16(31)8-15-9-18(28)19(29)11-17(15)27/h3-4,7,9,11,13,16,23,25,33H,5-6,8,10,12,31H2,1-2H3,(H,32,36)(H,37,38). The van der Waals surface area contributed by atoms with Gasteiger partial charge in [-0.25, -0.2) is 22.4 Å². The molecular weight excluding hydrogens is 540 g/mol. The first-order chi connectivity index (χ1) is 18.4. The minimum absolute atomic E-state index is 0.0221. The van der Waals surface area contributed by atoms with E-state index in [0.717, 1.165) is 0 Å². The number of carbonyl (C=O) groups is 3. The van der Waals surface area contributed by atoms with E-state index in [4.69, 9.17) is 5.73 Å². The van der Waals surface area contributed by atoms with Crippen molar-refractivity contribution in [2.24, 2.45) is 11.7 Å². The minimum Gasteiger partial charge on any atom is -0.480 e. The first-order valence-corrected chi connectivity index (χ1v) is 13.3. The number of nitrogens with one attached hydrogen (secondary N) is 2. The molecule has 0 bridgehead atoms. The number of rotatable bonds is 11. The fraction of sp³-hybridized carbons (Fsp3) is 0.423. The SMILES string of the molecule is CC(C)C(Nc1ccc(CNC(=O)C2SCCN2C(=O)CC(N)Cc2cc(F)c(F)cc2F)cc1F)C(=O)O. The quantitative estimate of drug-likeness (QED) is 0.242. The van der Waals surface area contributed by atoms with Gasteiger partial charge in [-0.3, -0.25) is 9.59 Å². The summed E-state index contributed by atoms with van der Waals surface area (Å²) in [6, 6.07) is 3.39. The van der Waals surface area contributed by atoms with Gasteiger partial charge >= 0.3 is 5.97 Å². The molecule has 2 amide bonds. The second kappa shape index (κ2) is 13.2. The number of nitrogens with zero attached hydrogens (tertiary/aromatic N) is 1. The van der Waals surface area contributed by atoms with Crippen LogP contribution in [0.1, 0.15) is 31.4 Å². The normalized spacial score (nSPS) is 16.7. The molecule has 39 heavy (non-hydrogen) atoms. The van der Waals surface area contributed by atoms with Crippen molar-refractivity contribution < 1.29 is 37.1 Å². The molecule has 3 rings (SSSR count). The molecule has 1 aliphatic rings. The second-order valence-electron chi connectivity index (χ2n) is 9.57. The van der Waals surface area contributed by atoms with E-state index in [1.54, 1.807) is 19.9 Å². The molecule has 5 N–H and O–H groups in total. The number of nitrogens with two attached hydrogens (primary N) is 1. The molecule has 13 heteroatoms. The van der Waals surface area contributed by atoms with Crippen LogP contribution in [0.3, 0.4) is 0 Å². The Morgan fingerprint density at radius 2 is 1.77 bits per heavy atom. The molecule has 2 aromatic carbocycles. The van der Waals surface area contributed by atoms with Gasteiger partial charge in [0.05, 0.1) is 5.69 Å². The van der Waals surface area contributed by atoms with Crippen molar-refractivity contribution >= 4 is 35.2 Å². The summed E-state index contributed by atoms with van der Waals surface area (Å²) in [5.41, 5.74) is 6.26. The number of amides is 2. The number of thioether (sulfide) groups is 1. The highest BCUT2D eigenvalue weighted by molar-refractivity contribution is 8.00. The third-order valence-electron chi connectivity index (χ3n) is 6.19. The van der Waals surface area contributed by atoms with Crippen molar-refractivity contribution in [1.29, 1.82) is 0 Å². The number of carboxylic acids is 1. The third-order valence-corrected chi connectivity index (χ3v) is 7.39. The monoisotopic (exact) mass is 570 g/mol. The summed E-state index contributed by atoms with van der Waals surface area (Å²) in [5, 5.41) is 13.8. The molecule has 1 saturated heterocycles. The van der Waals surface area contributed by atoms with Gasteiger partial charge < -0.3 is 26.4 Å². The second-order valence-corrected chi connectivity index (χ2v) is 10.8. The summed E-state index contributed by atoms with van der Waals surface area (Å²) in [4.78, 5) is 38.4. The van der Waals surface area contributed by atoms with Gasteiger partial charge in [-0.1, -0.05) is 19.9 Å². The van der Waals surface area contributed by atoms with Gasteiger partial charge in [-0.15, -0.1) is 11.8 Å². The Morgan fingerprint density at radius 3 is 2.41 bits per heavy atom. The summed E-state index contributed by atoms with van der Waals surface area (Å²) < 4.78 is 55.1. The van der Waals surface area contributed by atoms with E-state index in [0.29, 0.717) is 23.4 Å². The van der Waals surface area contributed by atoms with Crippen molar-refractivity contribution in [1.82, 2.24) is 10.2 Å². The topological polar surface area (TPSA) is 125 Å². The van der Waals surface area contributed by atoms with Gasteiger partial charge in [0.25, 0.3) is 5.91 Å². The first-order valence-electron chi connectivity index (χ1n) is 12.2. The Morgan fingerprint density at radius 1 is 1.08 bits per heavy atom. The summed E-state index contributed by atoms with van der Waals surface area (Å²) in [6.07, 6.45) is -0.441. The van der Waals surface area contributed by atoms with Crippen LogP contribution in [0.2, 0.25) is 0 Å². The van der Waals surface area contributed by atoms with E-state index in [1.807, 2.05) is 0 Å². The molecule has 1 fully saturated rings. The van der Waals surface area contributed by atoms with Crippen LogP contribution in [-0.4, -0.2) is 57.5 Å². The number of aliphatic carboxylic acids is 1. The maximum absolute atomic E-state index is 14.6. The van der Waals surface area contributed by atoms with Crippen LogP contribution in [0.5, 0.6) is 0 Å². The zero-order valence-electron chi connectivity index (χ0n) is 21.3. The van der Waals surface area contributed by atoms with Crippen LogP contribution < -0.4 is 16.4 Å². The maximum atomic E-state index is 14.6. The number of anilines is 1. The van der Waals surface area contributed by atoms with E-state index in [-0.39, 0.29) is 43.1 Å². The molecule has 2 aromatic rings. The zero-order chi connectivity index (χ0) is 28.9. The van der Waals surface area contributed by atoms with Gasteiger partial charge in [0.2, 0.25) is 5.91 Å². The predicted molar refractivity (Wildman–Crippen MR) is 139 cm³/mol. The van der Waals surface area contributed by atoms with Gasteiger partial charge in [0.1, 0.15) is 17.7 Å². The largest absolute Gasteiger partial charge is 0.480 e. The third kappa shape index (κ3) is 7.85. The van der Waals surface area contributed by atoms with Gasteiger partial charge in [-0.05, 0) is 41.7 Å². The van der Waals surface area contributed by atoms with Crippen LogP contribution >= 0.6 is 11.8 Å². The van der Waals surface area contributed by atoms with Crippen LogP contribution in [0.15, 0.2) is 30.3 Å². The Bertz CT molecular complexity index is 1230. The lowest BCUT2D eigenvalue weighted by Gasteiger charge is -2.24. The number of halogens is 4. The highest BCUT2D eigenvalue weighted by Crippen LogP contribution is 2.26. The highest BCUT2D eigenvalue weighted by Gasteiger charge is 2.35. The Hall–Kier alpha value is -3.32. The minimum atomic E-state index is -1.32. The molecule has 8 nitrogen and oxygen atoms in total. The van der Waals surface area contributed by atoms with E-state index >= 15 is 0 Å². The average molecular weight is 571 g/mol. The average Bonchev–Trinajstić information content (AvgIpc) is 3.35. The van der Waals surface area contributed by atoms with E-state index in [2.05, 4.69) is 10.6 Å². The molecule has 1 aliphatic heterocycles. The summed E-state index contributed by atoms with van der Waals surface area (Å²) in [6.45, 7) is 3.64. The van der Waals surface area contributed by atoms with Gasteiger partial charge in [0, 0.05) is 37.4 Å². The molecule has 3 atom stereocenters. The van der Waals surface area contributed by atoms with E-state index < -0.39 is 58.5 Å². The molecule has 0 aromatic heterocycles. The van der Waals surface area contributed by atoms with Crippen LogP contribution in [0.4, 0.5) is 23.2 Å². The summed E-state index contributed by atoms with van der Waals surface area (Å²) >= 11 is 1.24. The molecule has 212 valence electrons. The lowest BCUT2D eigenvalue weighted by Crippen LogP contribution is -2.46. The van der Waals surface area contributed by atoms with Crippen molar-refractivity contribution in [3.63, 3.8) is 0 Å². The number of hydrogen-bond donors (Lipinski definition) is 4.